The van der Waals surface area contributed by atoms with Crippen LogP contribution in [0.15, 0.2) is 36.4 Å². The SMILES string of the molecule is COc1ccc(CN(C)C(=O)c2ccc3c(c2)CCCN3S(C)(=O)=O)cc1F. The molecular weight excluding hydrogens is 383 g/mol. The van der Waals surface area contributed by atoms with Gasteiger partial charge in [0, 0.05) is 25.7 Å². The zero-order chi connectivity index (χ0) is 20.5. The van der Waals surface area contributed by atoms with Crippen LogP contribution in [-0.4, -0.2) is 46.2 Å². The van der Waals surface area contributed by atoms with Crippen LogP contribution in [0.4, 0.5) is 10.1 Å². The van der Waals surface area contributed by atoms with Crippen LogP contribution in [-0.2, 0) is 23.0 Å². The van der Waals surface area contributed by atoms with E-state index in [2.05, 4.69) is 0 Å². The molecule has 0 N–H and O–H groups in total. The van der Waals surface area contributed by atoms with Crippen LogP contribution in [0.1, 0.15) is 27.9 Å². The number of rotatable bonds is 5. The first-order chi connectivity index (χ1) is 13.2. The van der Waals surface area contributed by atoms with E-state index in [-0.39, 0.29) is 18.2 Å². The summed E-state index contributed by atoms with van der Waals surface area (Å²) in [6.45, 7) is 0.689. The van der Waals surface area contributed by atoms with Gasteiger partial charge in [-0.2, -0.15) is 0 Å². The highest BCUT2D eigenvalue weighted by molar-refractivity contribution is 7.92. The van der Waals surface area contributed by atoms with E-state index in [1.54, 1.807) is 31.3 Å². The van der Waals surface area contributed by atoms with Gasteiger partial charge in [0.1, 0.15) is 0 Å². The van der Waals surface area contributed by atoms with E-state index in [4.69, 9.17) is 4.74 Å². The summed E-state index contributed by atoms with van der Waals surface area (Å²) in [6, 6.07) is 9.66. The lowest BCUT2D eigenvalue weighted by Crippen LogP contribution is -2.35. The van der Waals surface area contributed by atoms with Gasteiger partial charge in [0.25, 0.3) is 5.91 Å². The molecule has 0 saturated heterocycles. The molecule has 150 valence electrons. The first kappa shape index (κ1) is 20.1. The first-order valence-corrected chi connectivity index (χ1v) is 10.7. The zero-order valence-electron chi connectivity index (χ0n) is 16.1. The summed E-state index contributed by atoms with van der Waals surface area (Å²) in [7, 11) is -0.304. The molecule has 1 heterocycles. The smallest absolute Gasteiger partial charge is 0.253 e. The van der Waals surface area contributed by atoms with E-state index >= 15 is 0 Å². The number of benzene rings is 2. The van der Waals surface area contributed by atoms with Crippen molar-refractivity contribution in [2.45, 2.75) is 19.4 Å². The molecule has 2 aromatic carbocycles. The van der Waals surface area contributed by atoms with Crippen molar-refractivity contribution in [3.8, 4) is 5.75 Å². The first-order valence-electron chi connectivity index (χ1n) is 8.89. The number of anilines is 1. The summed E-state index contributed by atoms with van der Waals surface area (Å²) in [5.41, 5.74) is 2.59. The Balaban J connectivity index is 1.80. The van der Waals surface area contributed by atoms with Crippen LogP contribution in [0, 0.1) is 5.82 Å². The third-order valence-corrected chi connectivity index (χ3v) is 5.97. The quantitative estimate of drug-likeness (QED) is 0.766. The molecular formula is C20H23FN2O4S. The lowest BCUT2D eigenvalue weighted by atomic mass is 10.00. The second-order valence-corrected chi connectivity index (χ2v) is 8.82. The van der Waals surface area contributed by atoms with Gasteiger partial charge in [-0.3, -0.25) is 9.10 Å². The average molecular weight is 406 g/mol. The highest BCUT2D eigenvalue weighted by atomic mass is 32.2. The number of hydrogen-bond donors (Lipinski definition) is 0. The third kappa shape index (κ3) is 4.11. The maximum atomic E-state index is 13.9. The number of halogens is 1. The molecule has 0 atom stereocenters. The maximum Gasteiger partial charge on any atom is 0.253 e. The van der Waals surface area contributed by atoms with Crippen LogP contribution in [0.3, 0.4) is 0 Å². The summed E-state index contributed by atoms with van der Waals surface area (Å²) in [5, 5.41) is 0. The molecule has 28 heavy (non-hydrogen) atoms. The van der Waals surface area contributed by atoms with Crippen molar-refractivity contribution >= 4 is 21.6 Å². The highest BCUT2D eigenvalue weighted by Gasteiger charge is 2.25. The van der Waals surface area contributed by atoms with Crippen LogP contribution < -0.4 is 9.04 Å². The maximum absolute atomic E-state index is 13.9. The van der Waals surface area contributed by atoms with Crippen LogP contribution in [0.5, 0.6) is 5.75 Å². The molecule has 0 spiro atoms. The summed E-state index contributed by atoms with van der Waals surface area (Å²) < 4.78 is 44.1. The second kappa shape index (κ2) is 7.79. The van der Waals surface area contributed by atoms with Crippen molar-refractivity contribution in [2.75, 3.05) is 31.3 Å². The standard InChI is InChI=1S/C20H23FN2O4S/c1-22(13-14-6-9-19(27-2)17(21)11-14)20(24)16-7-8-18-15(12-16)5-4-10-23(18)28(3,25)26/h6-9,11-12H,4-5,10,13H2,1-3H3. The van der Waals surface area contributed by atoms with Gasteiger partial charge in [0.2, 0.25) is 10.0 Å². The minimum absolute atomic E-state index is 0.155. The van der Waals surface area contributed by atoms with Crippen molar-refractivity contribution in [1.29, 1.82) is 0 Å². The Labute approximate surface area is 164 Å². The van der Waals surface area contributed by atoms with Gasteiger partial charge in [-0.15, -0.1) is 0 Å². The highest BCUT2D eigenvalue weighted by Crippen LogP contribution is 2.30. The minimum Gasteiger partial charge on any atom is -0.494 e. The third-order valence-electron chi connectivity index (χ3n) is 4.79. The summed E-state index contributed by atoms with van der Waals surface area (Å²) >= 11 is 0. The lowest BCUT2D eigenvalue weighted by Gasteiger charge is -2.29. The number of methoxy groups -OCH3 is 1. The lowest BCUT2D eigenvalue weighted by molar-refractivity contribution is 0.0785. The molecule has 1 aliphatic heterocycles. The van der Waals surface area contributed by atoms with Gasteiger partial charge in [0.05, 0.1) is 19.1 Å². The molecule has 0 saturated carbocycles. The molecule has 0 bridgehead atoms. The summed E-state index contributed by atoms with van der Waals surface area (Å²) in [6.07, 6.45) is 2.61. The Kier molecular flexibility index (Phi) is 5.60. The van der Waals surface area contributed by atoms with Gasteiger partial charge < -0.3 is 9.64 Å². The Hall–Kier alpha value is -2.61. The Morgan fingerprint density at radius 3 is 2.64 bits per heavy atom. The average Bonchev–Trinajstić information content (AvgIpc) is 2.65. The molecule has 0 radical (unpaired) electrons. The fraction of sp³-hybridized carbons (Fsp3) is 0.350. The van der Waals surface area contributed by atoms with Crippen molar-refractivity contribution in [2.24, 2.45) is 0 Å². The molecule has 0 aromatic heterocycles. The normalized spacial score (nSPS) is 13.8. The predicted molar refractivity (Wildman–Crippen MR) is 106 cm³/mol. The molecule has 3 rings (SSSR count). The monoisotopic (exact) mass is 406 g/mol. The summed E-state index contributed by atoms with van der Waals surface area (Å²) in [4.78, 5) is 14.3. The molecule has 1 aliphatic rings. The van der Waals surface area contributed by atoms with Crippen molar-refractivity contribution in [1.82, 2.24) is 4.90 Å². The van der Waals surface area contributed by atoms with Gasteiger partial charge in [-0.1, -0.05) is 6.07 Å². The molecule has 0 aliphatic carbocycles. The molecule has 6 nitrogen and oxygen atoms in total. The van der Waals surface area contributed by atoms with Gasteiger partial charge >= 0.3 is 0 Å². The number of hydrogen-bond acceptors (Lipinski definition) is 4. The van der Waals surface area contributed by atoms with Gasteiger partial charge in [-0.25, -0.2) is 12.8 Å². The van der Waals surface area contributed by atoms with Crippen LogP contribution in [0.25, 0.3) is 0 Å². The Bertz CT molecular complexity index is 1010. The fourth-order valence-electron chi connectivity index (χ4n) is 3.41. The van der Waals surface area contributed by atoms with Crippen molar-refractivity contribution < 1.29 is 22.3 Å². The van der Waals surface area contributed by atoms with Crippen molar-refractivity contribution in [3.63, 3.8) is 0 Å². The topological polar surface area (TPSA) is 66.9 Å². The summed E-state index contributed by atoms with van der Waals surface area (Å²) in [5.74, 6) is -0.533. The van der Waals surface area contributed by atoms with E-state index in [0.717, 1.165) is 12.0 Å². The van der Waals surface area contributed by atoms with E-state index in [1.807, 2.05) is 0 Å². The largest absolute Gasteiger partial charge is 0.494 e. The fourth-order valence-corrected chi connectivity index (χ4v) is 4.41. The van der Waals surface area contributed by atoms with Crippen molar-refractivity contribution in [3.05, 3.63) is 58.9 Å². The van der Waals surface area contributed by atoms with Crippen LogP contribution >= 0.6 is 0 Å². The predicted octanol–water partition coefficient (Wildman–Crippen LogP) is 2.82. The number of nitrogens with zero attached hydrogens (tertiary/aromatic N) is 2. The van der Waals surface area contributed by atoms with E-state index in [9.17, 15) is 17.6 Å². The van der Waals surface area contributed by atoms with E-state index in [1.165, 1.54) is 34.7 Å². The number of sulfonamides is 1. The number of carbonyl (C=O) groups excluding carboxylic acids is 1. The van der Waals surface area contributed by atoms with E-state index < -0.39 is 15.8 Å². The number of carbonyl (C=O) groups is 1. The van der Waals surface area contributed by atoms with Crippen LogP contribution in [0.2, 0.25) is 0 Å². The number of fused-ring (bicyclic) bond motifs is 1. The van der Waals surface area contributed by atoms with Gasteiger partial charge in [0.15, 0.2) is 11.6 Å². The second-order valence-electron chi connectivity index (χ2n) is 6.91. The Morgan fingerprint density at radius 1 is 1.25 bits per heavy atom. The van der Waals surface area contributed by atoms with E-state index in [0.29, 0.717) is 29.8 Å². The molecule has 8 heteroatoms. The number of ether oxygens (including phenoxy) is 1. The minimum atomic E-state index is -3.35. The molecule has 1 amide bonds. The van der Waals surface area contributed by atoms with Gasteiger partial charge in [-0.05, 0) is 54.3 Å². The number of amides is 1. The molecule has 0 fully saturated rings. The number of aryl methyl sites for hydroxylation is 1. The molecule has 2 aromatic rings. The Morgan fingerprint density at radius 2 is 2.00 bits per heavy atom. The molecule has 0 unspecified atom stereocenters. The zero-order valence-corrected chi connectivity index (χ0v) is 16.9.